The number of benzene rings is 1. The highest BCUT2D eigenvalue weighted by Gasteiger charge is 2.27. The van der Waals surface area contributed by atoms with Crippen molar-refractivity contribution in [2.24, 2.45) is 0 Å². The number of hydrogen-bond acceptors (Lipinski definition) is 7. The van der Waals surface area contributed by atoms with E-state index in [-0.39, 0.29) is 6.79 Å². The second-order valence-corrected chi connectivity index (χ2v) is 5.58. The van der Waals surface area contributed by atoms with E-state index in [2.05, 4.69) is 21.9 Å². The fourth-order valence-corrected chi connectivity index (χ4v) is 2.70. The highest BCUT2D eigenvalue weighted by Crippen LogP contribution is 2.39. The molecule has 0 bridgehead atoms. The van der Waals surface area contributed by atoms with Gasteiger partial charge in [-0.3, -0.25) is 0 Å². The van der Waals surface area contributed by atoms with Crippen molar-refractivity contribution in [3.8, 4) is 11.5 Å². The number of rotatable bonds is 2. The molecule has 2 aromatic rings. The molecular formula is C16H17N5O2. The van der Waals surface area contributed by atoms with Crippen LogP contribution < -0.4 is 24.6 Å². The van der Waals surface area contributed by atoms with Crippen LogP contribution in [0, 0.1) is 6.92 Å². The summed E-state index contributed by atoms with van der Waals surface area (Å²) in [5, 5.41) is 3.25. The molecule has 7 heteroatoms. The molecule has 118 valence electrons. The summed E-state index contributed by atoms with van der Waals surface area (Å²) < 4.78 is 10.8. The Morgan fingerprint density at radius 3 is 2.70 bits per heavy atom. The lowest BCUT2D eigenvalue weighted by atomic mass is 10.2. The Morgan fingerprint density at radius 2 is 1.91 bits per heavy atom. The Labute approximate surface area is 134 Å². The van der Waals surface area contributed by atoms with Crippen LogP contribution in [-0.4, -0.2) is 30.9 Å². The number of anilines is 4. The highest BCUT2D eigenvalue weighted by atomic mass is 16.7. The van der Waals surface area contributed by atoms with Crippen molar-refractivity contribution in [3.05, 3.63) is 36.3 Å². The molecule has 1 aromatic carbocycles. The molecule has 0 saturated heterocycles. The van der Waals surface area contributed by atoms with Crippen LogP contribution in [0.3, 0.4) is 0 Å². The molecule has 2 aliphatic heterocycles. The minimum Gasteiger partial charge on any atom is -0.454 e. The number of nitrogens with one attached hydrogen (secondary N) is 1. The molecule has 23 heavy (non-hydrogen) atoms. The first-order valence-corrected chi connectivity index (χ1v) is 7.25. The summed E-state index contributed by atoms with van der Waals surface area (Å²) >= 11 is 0. The third-order valence-corrected chi connectivity index (χ3v) is 4.17. The lowest BCUT2D eigenvalue weighted by Crippen LogP contribution is -2.20. The van der Waals surface area contributed by atoms with Gasteiger partial charge in [0.1, 0.15) is 11.5 Å². The van der Waals surface area contributed by atoms with E-state index >= 15 is 0 Å². The van der Waals surface area contributed by atoms with Gasteiger partial charge in [-0.05, 0) is 18.6 Å². The van der Waals surface area contributed by atoms with Gasteiger partial charge in [0.2, 0.25) is 12.7 Å². The molecular weight excluding hydrogens is 294 g/mol. The lowest BCUT2D eigenvalue weighted by molar-refractivity contribution is 0.174. The van der Waals surface area contributed by atoms with Crippen LogP contribution in [0.4, 0.5) is 23.1 Å². The summed E-state index contributed by atoms with van der Waals surface area (Å²) in [7, 11) is 3.89. The summed E-state index contributed by atoms with van der Waals surface area (Å²) in [6, 6.07) is 3.85. The van der Waals surface area contributed by atoms with E-state index in [0.717, 1.165) is 40.1 Å². The highest BCUT2D eigenvalue weighted by molar-refractivity contribution is 5.79. The van der Waals surface area contributed by atoms with Crippen LogP contribution in [0.1, 0.15) is 5.56 Å². The van der Waals surface area contributed by atoms with Crippen LogP contribution in [0.25, 0.3) is 0 Å². The third-order valence-electron chi connectivity index (χ3n) is 4.17. The second kappa shape index (κ2) is 4.77. The van der Waals surface area contributed by atoms with E-state index in [0.29, 0.717) is 5.95 Å². The molecule has 0 spiro atoms. The molecule has 7 nitrogen and oxygen atoms in total. The van der Waals surface area contributed by atoms with Gasteiger partial charge in [0, 0.05) is 25.8 Å². The van der Waals surface area contributed by atoms with Crippen LogP contribution >= 0.6 is 0 Å². The van der Waals surface area contributed by atoms with Crippen LogP contribution in [0.15, 0.2) is 30.7 Å². The maximum Gasteiger partial charge on any atom is 0.231 e. The average Bonchev–Trinajstić information content (AvgIpc) is 3.07. The van der Waals surface area contributed by atoms with Crippen molar-refractivity contribution >= 4 is 23.1 Å². The van der Waals surface area contributed by atoms with Crippen molar-refractivity contribution in [2.45, 2.75) is 6.92 Å². The molecule has 1 aromatic heterocycles. The van der Waals surface area contributed by atoms with Crippen molar-refractivity contribution in [3.63, 3.8) is 0 Å². The van der Waals surface area contributed by atoms with E-state index in [1.807, 2.05) is 43.0 Å². The van der Waals surface area contributed by atoms with Gasteiger partial charge in [0.25, 0.3) is 0 Å². The van der Waals surface area contributed by atoms with Crippen molar-refractivity contribution < 1.29 is 9.47 Å². The second-order valence-electron chi connectivity index (χ2n) is 5.58. The first-order valence-electron chi connectivity index (χ1n) is 7.25. The molecule has 4 rings (SSSR count). The Morgan fingerprint density at radius 1 is 1.17 bits per heavy atom. The van der Waals surface area contributed by atoms with E-state index in [1.165, 1.54) is 0 Å². The monoisotopic (exact) mass is 311 g/mol. The lowest BCUT2D eigenvalue weighted by Gasteiger charge is -2.14. The van der Waals surface area contributed by atoms with Crippen molar-refractivity contribution in [2.75, 3.05) is 36.0 Å². The van der Waals surface area contributed by atoms with Gasteiger partial charge in [-0.15, -0.1) is 0 Å². The molecule has 3 heterocycles. The molecule has 1 N–H and O–H groups in total. The number of nitrogens with zero attached hydrogens (tertiary/aromatic N) is 4. The zero-order chi connectivity index (χ0) is 16.1. The molecule has 0 unspecified atom stereocenters. The average molecular weight is 311 g/mol. The van der Waals surface area contributed by atoms with Gasteiger partial charge in [0.15, 0.2) is 17.3 Å². The van der Waals surface area contributed by atoms with Gasteiger partial charge < -0.3 is 24.6 Å². The van der Waals surface area contributed by atoms with Gasteiger partial charge >= 0.3 is 0 Å². The molecule has 0 amide bonds. The summed E-state index contributed by atoms with van der Waals surface area (Å²) in [5.41, 5.74) is 2.86. The van der Waals surface area contributed by atoms with Gasteiger partial charge in [-0.2, -0.15) is 4.98 Å². The minimum absolute atomic E-state index is 0.257. The summed E-state index contributed by atoms with van der Waals surface area (Å²) in [6.07, 6.45) is 1.79. The summed E-state index contributed by atoms with van der Waals surface area (Å²) in [5.74, 6) is 3.71. The molecule has 0 aliphatic carbocycles. The van der Waals surface area contributed by atoms with E-state index in [4.69, 9.17) is 9.47 Å². The Hall–Kier alpha value is -2.96. The zero-order valence-corrected chi connectivity index (χ0v) is 13.3. The third kappa shape index (κ3) is 2.04. The molecule has 0 fully saturated rings. The molecule has 2 aliphatic rings. The predicted molar refractivity (Wildman–Crippen MR) is 88.6 cm³/mol. The predicted octanol–water partition coefficient (Wildman–Crippen LogP) is 2.61. The number of ether oxygens (including phenoxy) is 2. The van der Waals surface area contributed by atoms with Gasteiger partial charge in [-0.25, -0.2) is 4.98 Å². The Kier molecular flexibility index (Phi) is 2.84. The van der Waals surface area contributed by atoms with Crippen molar-refractivity contribution in [1.82, 2.24) is 9.97 Å². The number of hydrogen-bond donors (Lipinski definition) is 1. The topological polar surface area (TPSA) is 62.8 Å². The zero-order valence-electron chi connectivity index (χ0n) is 13.3. The van der Waals surface area contributed by atoms with Crippen LogP contribution in [0.2, 0.25) is 0 Å². The summed E-state index contributed by atoms with van der Waals surface area (Å²) in [6.45, 7) is 6.29. The quantitative estimate of drug-likeness (QED) is 0.914. The number of fused-ring (bicyclic) bond motifs is 2. The van der Waals surface area contributed by atoms with Gasteiger partial charge in [-0.1, -0.05) is 6.58 Å². The fraction of sp³-hybridized carbons (Fsp3) is 0.250. The summed E-state index contributed by atoms with van der Waals surface area (Å²) in [4.78, 5) is 12.9. The Balaban J connectivity index is 1.68. The van der Waals surface area contributed by atoms with E-state index < -0.39 is 0 Å². The maximum absolute atomic E-state index is 5.42. The van der Waals surface area contributed by atoms with Crippen LogP contribution in [-0.2, 0) is 0 Å². The van der Waals surface area contributed by atoms with Crippen molar-refractivity contribution in [1.29, 1.82) is 0 Å². The first-order chi connectivity index (χ1) is 11.0. The normalized spacial score (nSPS) is 15.2. The van der Waals surface area contributed by atoms with E-state index in [1.54, 1.807) is 6.20 Å². The van der Waals surface area contributed by atoms with E-state index in [9.17, 15) is 0 Å². The number of aryl methyl sites for hydroxylation is 1. The standard InChI is InChI=1S/C16H17N5O2/c1-9-5-13-14(23-8-22-13)6-11(9)18-16-17-7-12-15(19-16)21(4)10(2)20(12)3/h5-7H,2,8H2,1,3-4H3,(H,17,18,19). The number of aromatic nitrogens is 2. The molecule has 0 atom stereocenters. The minimum atomic E-state index is 0.257. The van der Waals surface area contributed by atoms with Crippen LogP contribution in [0.5, 0.6) is 11.5 Å². The smallest absolute Gasteiger partial charge is 0.231 e. The first kappa shape index (κ1) is 13.7. The fourth-order valence-electron chi connectivity index (χ4n) is 2.70. The largest absolute Gasteiger partial charge is 0.454 e. The SMILES string of the molecule is C=C1N(C)c2cnc(Nc3cc4c(cc3C)OCO4)nc2N1C. The maximum atomic E-state index is 5.42. The van der Waals surface area contributed by atoms with Gasteiger partial charge in [0.05, 0.1) is 6.20 Å². The molecule has 0 saturated carbocycles. The molecule has 0 radical (unpaired) electrons. The Bertz CT molecular complexity index is 820.